The van der Waals surface area contributed by atoms with Crippen molar-refractivity contribution in [2.75, 3.05) is 0 Å². The first-order chi connectivity index (χ1) is 17.9. The highest BCUT2D eigenvalue weighted by Crippen LogP contribution is 2.42. The summed E-state index contributed by atoms with van der Waals surface area (Å²) < 4.78 is 9.77. The molecule has 172 valence electrons. The smallest absolute Gasteiger partial charge is 0.182 e. The standard InChI is InChI=1S/C30H21N5O/c1-4-11-21(12-5-1)25-26-29(31-20-35-30(26)32-28(33-35)23-15-8-3-9-16-23)34(19-24-17-10-18-36-24)27(25)22-13-6-2-7-14-22/h1-18,20H,19H2. The Morgan fingerprint density at radius 2 is 1.33 bits per heavy atom. The zero-order chi connectivity index (χ0) is 23.9. The molecule has 0 saturated heterocycles. The highest BCUT2D eigenvalue weighted by atomic mass is 16.3. The lowest BCUT2D eigenvalue weighted by Gasteiger charge is -2.11. The fraction of sp³-hybridized carbons (Fsp3) is 0.0333. The van der Waals surface area contributed by atoms with Gasteiger partial charge >= 0.3 is 0 Å². The predicted molar refractivity (Wildman–Crippen MR) is 140 cm³/mol. The molecule has 36 heavy (non-hydrogen) atoms. The summed E-state index contributed by atoms with van der Waals surface area (Å²) in [5.41, 5.74) is 6.91. The first-order valence-corrected chi connectivity index (χ1v) is 11.8. The molecule has 0 aliphatic rings. The molecule has 4 heterocycles. The van der Waals surface area contributed by atoms with Gasteiger partial charge in [0.05, 0.1) is 23.9 Å². The molecular weight excluding hydrogens is 446 g/mol. The van der Waals surface area contributed by atoms with E-state index in [2.05, 4.69) is 53.1 Å². The number of hydrogen-bond donors (Lipinski definition) is 0. The van der Waals surface area contributed by atoms with Crippen LogP contribution in [0.4, 0.5) is 0 Å². The minimum atomic E-state index is 0.545. The lowest BCUT2D eigenvalue weighted by molar-refractivity contribution is 0.497. The maximum atomic E-state index is 5.76. The molecule has 0 unspecified atom stereocenters. The second-order valence-corrected chi connectivity index (χ2v) is 8.63. The van der Waals surface area contributed by atoms with Crippen LogP contribution in [-0.4, -0.2) is 24.1 Å². The number of rotatable bonds is 5. The minimum absolute atomic E-state index is 0.545. The first-order valence-electron chi connectivity index (χ1n) is 11.8. The van der Waals surface area contributed by atoms with Gasteiger partial charge in [-0.1, -0.05) is 91.0 Å². The van der Waals surface area contributed by atoms with E-state index in [0.717, 1.165) is 50.4 Å². The van der Waals surface area contributed by atoms with Gasteiger partial charge in [0.15, 0.2) is 11.5 Å². The summed E-state index contributed by atoms with van der Waals surface area (Å²) in [6, 6.07) is 34.8. The second-order valence-electron chi connectivity index (χ2n) is 8.63. The Labute approximate surface area is 207 Å². The van der Waals surface area contributed by atoms with E-state index in [9.17, 15) is 0 Å². The normalized spacial score (nSPS) is 11.4. The van der Waals surface area contributed by atoms with E-state index >= 15 is 0 Å². The van der Waals surface area contributed by atoms with E-state index in [-0.39, 0.29) is 0 Å². The summed E-state index contributed by atoms with van der Waals surface area (Å²) in [7, 11) is 0. The molecule has 4 aromatic heterocycles. The molecular formula is C30H21N5O. The Kier molecular flexibility index (Phi) is 4.74. The van der Waals surface area contributed by atoms with Gasteiger partial charge in [0.2, 0.25) is 0 Å². The van der Waals surface area contributed by atoms with Crippen molar-refractivity contribution in [3.63, 3.8) is 0 Å². The van der Waals surface area contributed by atoms with Gasteiger partial charge in [0, 0.05) is 11.1 Å². The highest BCUT2D eigenvalue weighted by molar-refractivity contribution is 6.09. The van der Waals surface area contributed by atoms with Gasteiger partial charge in [0.25, 0.3) is 0 Å². The van der Waals surface area contributed by atoms with Crippen molar-refractivity contribution >= 4 is 16.7 Å². The van der Waals surface area contributed by atoms with Crippen LogP contribution in [0.1, 0.15) is 5.76 Å². The maximum Gasteiger partial charge on any atom is 0.182 e. The molecule has 0 atom stereocenters. The molecule has 6 nitrogen and oxygen atoms in total. The third-order valence-electron chi connectivity index (χ3n) is 6.42. The number of nitrogens with zero attached hydrogens (tertiary/aromatic N) is 5. The summed E-state index contributed by atoms with van der Waals surface area (Å²) in [5, 5.41) is 5.73. The Bertz CT molecular complexity index is 1780. The van der Waals surface area contributed by atoms with E-state index in [1.165, 1.54) is 0 Å². The molecule has 6 heteroatoms. The summed E-state index contributed by atoms with van der Waals surface area (Å²) in [5.74, 6) is 1.53. The molecule has 3 aromatic carbocycles. The van der Waals surface area contributed by atoms with Crippen LogP contribution in [0.15, 0.2) is 120 Å². The van der Waals surface area contributed by atoms with Crippen LogP contribution in [-0.2, 0) is 6.54 Å². The fourth-order valence-electron chi connectivity index (χ4n) is 4.84. The topological polar surface area (TPSA) is 61.2 Å². The summed E-state index contributed by atoms with van der Waals surface area (Å²) in [4.78, 5) is 9.93. The van der Waals surface area contributed by atoms with Crippen molar-refractivity contribution in [1.82, 2.24) is 24.1 Å². The van der Waals surface area contributed by atoms with Crippen LogP contribution in [0.3, 0.4) is 0 Å². The molecule has 7 aromatic rings. The largest absolute Gasteiger partial charge is 0.467 e. The van der Waals surface area contributed by atoms with E-state index < -0.39 is 0 Å². The third kappa shape index (κ3) is 3.31. The lowest BCUT2D eigenvalue weighted by atomic mass is 9.99. The summed E-state index contributed by atoms with van der Waals surface area (Å²) in [6.07, 6.45) is 3.46. The van der Waals surface area contributed by atoms with Crippen LogP contribution in [0.5, 0.6) is 0 Å². The molecule has 0 fully saturated rings. The van der Waals surface area contributed by atoms with E-state index in [1.54, 1.807) is 17.1 Å². The SMILES string of the molecule is c1ccc(-c2nc3c4c(-c5ccccc5)c(-c5ccccc5)n(Cc5ccco5)c4ncn3n2)cc1. The zero-order valence-corrected chi connectivity index (χ0v) is 19.3. The molecule has 0 aliphatic heterocycles. The average Bonchev–Trinajstić information content (AvgIpc) is 3.68. The molecule has 0 saturated carbocycles. The Morgan fingerprint density at radius 1 is 0.667 bits per heavy atom. The van der Waals surface area contributed by atoms with E-state index in [4.69, 9.17) is 19.5 Å². The Morgan fingerprint density at radius 3 is 2.00 bits per heavy atom. The monoisotopic (exact) mass is 467 g/mol. The van der Waals surface area contributed by atoms with Gasteiger partial charge < -0.3 is 8.98 Å². The molecule has 7 rings (SSSR count). The number of hydrogen-bond acceptors (Lipinski definition) is 4. The van der Waals surface area contributed by atoms with Crippen LogP contribution in [0, 0.1) is 0 Å². The van der Waals surface area contributed by atoms with Crippen LogP contribution in [0.25, 0.3) is 50.5 Å². The van der Waals surface area contributed by atoms with Crippen LogP contribution in [0.2, 0.25) is 0 Å². The zero-order valence-electron chi connectivity index (χ0n) is 19.3. The van der Waals surface area contributed by atoms with Crippen LogP contribution < -0.4 is 0 Å². The number of furan rings is 1. The maximum absolute atomic E-state index is 5.76. The van der Waals surface area contributed by atoms with E-state index in [1.807, 2.05) is 54.6 Å². The second kappa shape index (κ2) is 8.36. The minimum Gasteiger partial charge on any atom is -0.467 e. The Balaban J connectivity index is 1.61. The first kappa shape index (κ1) is 20.4. The number of fused-ring (bicyclic) bond motifs is 3. The molecule has 0 amide bonds. The molecule has 0 spiro atoms. The van der Waals surface area contributed by atoms with E-state index in [0.29, 0.717) is 12.4 Å². The van der Waals surface area contributed by atoms with Crippen molar-refractivity contribution in [2.24, 2.45) is 0 Å². The fourth-order valence-corrected chi connectivity index (χ4v) is 4.84. The lowest BCUT2D eigenvalue weighted by Crippen LogP contribution is -2.03. The van der Waals surface area contributed by atoms with Crippen molar-refractivity contribution in [3.8, 4) is 33.8 Å². The van der Waals surface area contributed by atoms with Gasteiger partial charge in [-0.25, -0.2) is 14.5 Å². The van der Waals surface area contributed by atoms with Gasteiger partial charge in [-0.2, -0.15) is 0 Å². The quantitative estimate of drug-likeness (QED) is 0.282. The van der Waals surface area contributed by atoms with Gasteiger partial charge in [-0.15, -0.1) is 5.10 Å². The molecule has 0 aliphatic carbocycles. The highest BCUT2D eigenvalue weighted by Gasteiger charge is 2.25. The molecule has 0 radical (unpaired) electrons. The summed E-state index contributed by atoms with van der Waals surface area (Å²) in [6.45, 7) is 0.545. The average molecular weight is 468 g/mol. The predicted octanol–water partition coefficient (Wildman–Crippen LogP) is 6.72. The molecule has 0 bridgehead atoms. The van der Waals surface area contributed by atoms with Gasteiger partial charge in [-0.3, -0.25) is 0 Å². The third-order valence-corrected chi connectivity index (χ3v) is 6.42. The summed E-state index contributed by atoms with van der Waals surface area (Å²) >= 11 is 0. The number of aromatic nitrogens is 5. The van der Waals surface area contributed by atoms with Crippen LogP contribution >= 0.6 is 0 Å². The van der Waals surface area contributed by atoms with Gasteiger partial charge in [-0.05, 0) is 23.3 Å². The van der Waals surface area contributed by atoms with Crippen molar-refractivity contribution in [2.45, 2.75) is 6.54 Å². The number of benzene rings is 3. The van der Waals surface area contributed by atoms with Gasteiger partial charge in [0.1, 0.15) is 17.7 Å². The molecule has 0 N–H and O–H groups in total. The van der Waals surface area contributed by atoms with Crippen molar-refractivity contribution in [1.29, 1.82) is 0 Å². The Hall–Kier alpha value is -4.97. The van der Waals surface area contributed by atoms with Crippen molar-refractivity contribution < 1.29 is 4.42 Å². The van der Waals surface area contributed by atoms with Crippen molar-refractivity contribution in [3.05, 3.63) is 121 Å².